The molecule has 1 spiro atoms. The summed E-state index contributed by atoms with van der Waals surface area (Å²) in [7, 11) is 0. The summed E-state index contributed by atoms with van der Waals surface area (Å²) < 4.78 is 14.0. The van der Waals surface area contributed by atoms with Crippen LogP contribution in [0.25, 0.3) is 99.5 Å². The largest absolute Gasteiger partial charge is 0.456 e. The lowest BCUT2D eigenvalue weighted by atomic mass is 9.70. The molecule has 20 rings (SSSR count). The van der Waals surface area contributed by atoms with Gasteiger partial charge < -0.3 is 18.6 Å². The van der Waals surface area contributed by atoms with Gasteiger partial charge in [0.05, 0.1) is 27.6 Å². The highest BCUT2D eigenvalue weighted by molar-refractivity contribution is 6.16. The maximum atomic E-state index is 7.18. The molecule has 4 aliphatic carbocycles. The molecule has 5 aliphatic rings. The average molecular weight is 1120 g/mol. The second kappa shape index (κ2) is 16.9. The Kier molecular flexibility index (Phi) is 9.30. The van der Waals surface area contributed by atoms with Crippen molar-refractivity contribution >= 4 is 78.0 Å². The van der Waals surface area contributed by atoms with E-state index in [1.807, 2.05) is 0 Å². The third-order valence-corrected chi connectivity index (χ3v) is 21.0. The Balaban J connectivity index is 0.941. The minimum atomic E-state index is -0.607. The van der Waals surface area contributed by atoms with Crippen molar-refractivity contribution in [3.63, 3.8) is 0 Å². The molecule has 4 nitrogen and oxygen atoms in total. The second-order valence-electron chi connectivity index (χ2n) is 25.6. The van der Waals surface area contributed by atoms with Crippen LogP contribution < -0.4 is 9.80 Å². The van der Waals surface area contributed by atoms with Crippen molar-refractivity contribution in [2.75, 3.05) is 9.80 Å². The molecule has 1 atom stereocenters. The van der Waals surface area contributed by atoms with Crippen molar-refractivity contribution in [3.05, 3.63) is 323 Å². The minimum absolute atomic E-state index is 0.264. The topological polar surface area (TPSA) is 32.8 Å². The van der Waals surface area contributed by atoms with Crippen molar-refractivity contribution in [3.8, 4) is 55.6 Å². The Morgan fingerprint density at radius 2 is 0.727 bits per heavy atom. The first-order valence-electron chi connectivity index (χ1n) is 30.8. The molecule has 2 aromatic heterocycles. The van der Waals surface area contributed by atoms with Gasteiger partial charge in [-0.15, -0.1) is 0 Å². The van der Waals surface area contributed by atoms with E-state index in [4.69, 9.17) is 8.83 Å². The Morgan fingerprint density at radius 1 is 0.273 bits per heavy atom. The molecular weight excluding hydrogens is 1070 g/mol. The van der Waals surface area contributed by atoms with Crippen LogP contribution in [0.5, 0.6) is 0 Å². The van der Waals surface area contributed by atoms with Crippen LogP contribution in [0.2, 0.25) is 0 Å². The van der Waals surface area contributed by atoms with E-state index in [9.17, 15) is 0 Å². The van der Waals surface area contributed by atoms with Gasteiger partial charge in [-0.1, -0.05) is 202 Å². The number of hydrogen-bond donors (Lipinski definition) is 0. The summed E-state index contributed by atoms with van der Waals surface area (Å²) in [6.45, 7) is 7.22. The van der Waals surface area contributed by atoms with Gasteiger partial charge in [0.25, 0.3) is 0 Å². The standard InChI is InChI=1S/C84H54N2O2/c1-82(2)66-26-11-4-19-56(66)61-39-36-52(47-71(61)82)86-55-42-50(49-35-38-63-60-23-8-15-30-70(60)84(73(63)43-49)68-28-13-6-21-58(68)59-22-7-14-29-69(59)84)41-54(46-55)85(74-31-18-34-78-80(74)64-24-9-16-32-76(64)87-78)53-37-40-62-57-20-5-12-27-67(57)83(3,72(62)48-53)51-44-75(86)81-65-25-10-17-33-77(65)88-79(81)45-51/h4-48H,1-3H3. The summed E-state index contributed by atoms with van der Waals surface area (Å²) >= 11 is 0. The summed E-state index contributed by atoms with van der Waals surface area (Å²) in [6, 6.07) is 103. The predicted molar refractivity (Wildman–Crippen MR) is 361 cm³/mol. The maximum absolute atomic E-state index is 7.18. The lowest BCUT2D eigenvalue weighted by Gasteiger charge is -2.35. The zero-order valence-electron chi connectivity index (χ0n) is 48.7. The van der Waals surface area contributed by atoms with Gasteiger partial charge in [0.2, 0.25) is 0 Å². The van der Waals surface area contributed by atoms with Crippen LogP contribution in [0.1, 0.15) is 70.8 Å². The first-order chi connectivity index (χ1) is 43.2. The summed E-state index contributed by atoms with van der Waals surface area (Å²) in [5, 5.41) is 4.27. The number of nitrogens with zero attached hydrogens (tertiary/aromatic N) is 2. The van der Waals surface area contributed by atoms with Crippen LogP contribution in [0.4, 0.5) is 34.1 Å². The van der Waals surface area contributed by atoms with Gasteiger partial charge >= 0.3 is 0 Å². The van der Waals surface area contributed by atoms with E-state index in [0.29, 0.717) is 0 Å². The molecule has 0 radical (unpaired) electrons. The van der Waals surface area contributed by atoms with Crippen LogP contribution in [0, 0.1) is 0 Å². The zero-order chi connectivity index (χ0) is 57.9. The summed E-state index contributed by atoms with van der Waals surface area (Å²) in [5.41, 5.74) is 32.2. The Morgan fingerprint density at radius 3 is 1.36 bits per heavy atom. The number of benzene rings is 13. The predicted octanol–water partition coefficient (Wildman–Crippen LogP) is 22.4. The summed E-state index contributed by atoms with van der Waals surface area (Å²) in [5.74, 6) is 0. The first kappa shape index (κ1) is 48.3. The molecule has 3 heterocycles. The number of anilines is 6. The Bertz CT molecular complexity index is 5550. The number of furan rings is 2. The van der Waals surface area contributed by atoms with Crippen LogP contribution in [-0.4, -0.2) is 0 Å². The van der Waals surface area contributed by atoms with Crippen LogP contribution in [0.3, 0.4) is 0 Å². The lowest BCUT2D eigenvalue weighted by Crippen LogP contribution is -2.25. The number of fused-ring (bicyclic) bond motifs is 29. The molecule has 4 heteroatoms. The highest BCUT2D eigenvalue weighted by Gasteiger charge is 2.52. The van der Waals surface area contributed by atoms with E-state index in [-0.39, 0.29) is 5.41 Å². The van der Waals surface area contributed by atoms with Crippen molar-refractivity contribution in [2.24, 2.45) is 0 Å². The molecular formula is C84H54N2O2. The fourth-order valence-electron chi connectivity index (χ4n) is 17.2. The van der Waals surface area contributed by atoms with Gasteiger partial charge in [0, 0.05) is 44.4 Å². The van der Waals surface area contributed by atoms with Gasteiger partial charge in [0.1, 0.15) is 22.3 Å². The molecule has 1 aliphatic heterocycles. The van der Waals surface area contributed by atoms with Crippen molar-refractivity contribution in [2.45, 2.75) is 37.0 Å². The molecule has 412 valence electrons. The fraction of sp³-hybridized carbons (Fsp3) is 0.0714. The molecule has 0 saturated heterocycles. The van der Waals surface area contributed by atoms with E-state index in [2.05, 4.69) is 304 Å². The lowest BCUT2D eigenvalue weighted by molar-refractivity contribution is 0.660. The molecule has 0 amide bonds. The fourth-order valence-corrected chi connectivity index (χ4v) is 17.2. The van der Waals surface area contributed by atoms with Crippen molar-refractivity contribution in [1.82, 2.24) is 0 Å². The van der Waals surface area contributed by atoms with E-state index < -0.39 is 10.8 Å². The summed E-state index contributed by atoms with van der Waals surface area (Å²) in [6.07, 6.45) is 0. The average Bonchev–Trinajstić information content (AvgIpc) is 1.58. The van der Waals surface area contributed by atoms with E-state index in [1.165, 1.54) is 89.0 Å². The number of para-hydroxylation sites is 2. The van der Waals surface area contributed by atoms with Gasteiger partial charge in [-0.2, -0.15) is 0 Å². The van der Waals surface area contributed by atoms with Crippen LogP contribution in [0.15, 0.2) is 282 Å². The van der Waals surface area contributed by atoms with E-state index in [0.717, 1.165) is 94.7 Å². The summed E-state index contributed by atoms with van der Waals surface area (Å²) in [4.78, 5) is 5.09. The molecule has 6 bridgehead atoms. The molecule has 1 unspecified atom stereocenters. The van der Waals surface area contributed by atoms with Gasteiger partial charge in [-0.3, -0.25) is 0 Å². The second-order valence-corrected chi connectivity index (χ2v) is 25.6. The van der Waals surface area contributed by atoms with Gasteiger partial charge in [-0.25, -0.2) is 0 Å². The molecule has 88 heavy (non-hydrogen) atoms. The van der Waals surface area contributed by atoms with Crippen LogP contribution >= 0.6 is 0 Å². The zero-order valence-corrected chi connectivity index (χ0v) is 48.7. The van der Waals surface area contributed by atoms with Crippen LogP contribution in [-0.2, 0) is 16.2 Å². The van der Waals surface area contributed by atoms with Crippen molar-refractivity contribution < 1.29 is 8.83 Å². The van der Waals surface area contributed by atoms with E-state index in [1.54, 1.807) is 0 Å². The van der Waals surface area contributed by atoms with Gasteiger partial charge in [0.15, 0.2) is 0 Å². The molecule has 0 fully saturated rings. The quantitative estimate of drug-likeness (QED) is 0.177. The smallest absolute Gasteiger partial charge is 0.137 e. The van der Waals surface area contributed by atoms with E-state index >= 15 is 0 Å². The molecule has 13 aromatic carbocycles. The Hall–Kier alpha value is -10.9. The van der Waals surface area contributed by atoms with Gasteiger partial charge in [-0.05, 0) is 198 Å². The molecule has 15 aromatic rings. The maximum Gasteiger partial charge on any atom is 0.137 e. The molecule has 0 N–H and O–H groups in total. The molecule has 0 saturated carbocycles. The first-order valence-corrected chi connectivity index (χ1v) is 30.8. The normalized spacial score (nSPS) is 16.3. The minimum Gasteiger partial charge on any atom is -0.456 e. The highest BCUT2D eigenvalue weighted by Crippen LogP contribution is 2.64. The third-order valence-electron chi connectivity index (χ3n) is 21.0. The highest BCUT2D eigenvalue weighted by atomic mass is 16.3. The third kappa shape index (κ3) is 6.04. The van der Waals surface area contributed by atoms with Crippen molar-refractivity contribution in [1.29, 1.82) is 0 Å². The Labute approximate surface area is 509 Å². The SMILES string of the molecule is CC1(C)c2ccccc2-c2ccc(N3c4cc(-c5ccc6c(c5)C5(c7ccccc7-c7ccccc75)c5ccccc5-6)cc(c4)N(c4cccc5oc6ccccc6c45)c4ccc5c(c4)C(C)(c4cc3c3c(c4)oc4ccccc43)c3ccccc3-5)cc21. The monoisotopic (exact) mass is 1120 g/mol. The number of hydrogen-bond acceptors (Lipinski definition) is 4. The number of rotatable bonds is 3.